The minimum atomic E-state index is -1.13. The molecular formula is C25H29N3O6. The number of hydrogen-bond donors (Lipinski definition) is 4. The molecule has 0 fully saturated rings. The molecule has 0 bridgehead atoms. The van der Waals surface area contributed by atoms with Gasteiger partial charge in [-0.05, 0) is 28.2 Å². The van der Waals surface area contributed by atoms with Gasteiger partial charge in [0.25, 0.3) is 0 Å². The Kier molecular flexibility index (Phi) is 8.24. The Bertz CT molecular complexity index is 1020. The molecule has 1 aliphatic rings. The number of rotatable bonds is 10. The van der Waals surface area contributed by atoms with Crippen LogP contribution >= 0.6 is 0 Å². The molecule has 2 aromatic carbocycles. The van der Waals surface area contributed by atoms with E-state index in [-0.39, 0.29) is 25.0 Å². The summed E-state index contributed by atoms with van der Waals surface area (Å²) in [5, 5.41) is 16.3. The summed E-state index contributed by atoms with van der Waals surface area (Å²) < 4.78 is 5.36. The van der Waals surface area contributed by atoms with E-state index < -0.39 is 36.5 Å². The Morgan fingerprint density at radius 2 is 1.47 bits per heavy atom. The second-order valence-corrected chi connectivity index (χ2v) is 8.22. The molecule has 0 radical (unpaired) electrons. The number of carboxylic acids is 1. The molecule has 180 valence electrons. The average Bonchev–Trinajstić information content (AvgIpc) is 3.16. The number of carbonyl (C=O) groups excluding carboxylic acids is 3. The number of alkyl carbamates (subject to hydrolysis) is 1. The average molecular weight is 468 g/mol. The van der Waals surface area contributed by atoms with Crippen LogP contribution in [0.2, 0.25) is 0 Å². The van der Waals surface area contributed by atoms with Crippen LogP contribution in [0, 0.1) is 5.92 Å². The van der Waals surface area contributed by atoms with Crippen molar-refractivity contribution >= 4 is 23.9 Å². The molecular weight excluding hydrogens is 438 g/mol. The smallest absolute Gasteiger partial charge is 0.407 e. The molecule has 9 nitrogen and oxygen atoms in total. The van der Waals surface area contributed by atoms with E-state index in [0.29, 0.717) is 6.42 Å². The molecule has 1 aliphatic carbocycles. The first-order chi connectivity index (χ1) is 16.3. The quantitative estimate of drug-likeness (QED) is 0.424. The number of amides is 3. The van der Waals surface area contributed by atoms with E-state index in [9.17, 15) is 24.3 Å². The van der Waals surface area contributed by atoms with Crippen LogP contribution in [0.3, 0.4) is 0 Å². The van der Waals surface area contributed by atoms with Crippen molar-refractivity contribution in [2.75, 3.05) is 19.7 Å². The van der Waals surface area contributed by atoms with Crippen LogP contribution < -0.4 is 16.0 Å². The normalized spacial score (nSPS) is 13.7. The maximum absolute atomic E-state index is 12.1. The van der Waals surface area contributed by atoms with E-state index in [1.54, 1.807) is 6.92 Å². The predicted octanol–water partition coefficient (Wildman–Crippen LogP) is 2.26. The summed E-state index contributed by atoms with van der Waals surface area (Å²) in [4.78, 5) is 47.4. The maximum Gasteiger partial charge on any atom is 0.407 e. The summed E-state index contributed by atoms with van der Waals surface area (Å²) in [5.74, 6) is -2.71. The number of fused-ring (bicyclic) bond motifs is 3. The third-order valence-electron chi connectivity index (χ3n) is 5.98. The van der Waals surface area contributed by atoms with Crippen molar-refractivity contribution < 1.29 is 29.0 Å². The summed E-state index contributed by atoms with van der Waals surface area (Å²) in [6.45, 7) is 2.89. The number of nitrogens with one attached hydrogen (secondary N) is 3. The minimum Gasteiger partial charge on any atom is -0.480 e. The second-order valence-electron chi connectivity index (χ2n) is 8.22. The Morgan fingerprint density at radius 1 is 0.912 bits per heavy atom. The molecule has 0 aromatic heterocycles. The fourth-order valence-electron chi connectivity index (χ4n) is 3.95. The maximum atomic E-state index is 12.1. The van der Waals surface area contributed by atoms with Crippen molar-refractivity contribution in [2.45, 2.75) is 32.2 Å². The molecule has 3 rings (SSSR count). The largest absolute Gasteiger partial charge is 0.480 e. The molecule has 0 spiro atoms. The summed E-state index contributed by atoms with van der Waals surface area (Å²) in [6.07, 6.45) is -0.169. The number of aliphatic carboxylic acids is 1. The van der Waals surface area contributed by atoms with Crippen molar-refractivity contribution in [3.8, 4) is 11.1 Å². The van der Waals surface area contributed by atoms with Gasteiger partial charge in [0.1, 0.15) is 19.2 Å². The molecule has 2 unspecified atom stereocenters. The van der Waals surface area contributed by atoms with Gasteiger partial charge in [0.05, 0.1) is 6.54 Å². The number of carbonyl (C=O) groups is 4. The zero-order valence-electron chi connectivity index (χ0n) is 19.2. The van der Waals surface area contributed by atoms with Crippen LogP contribution in [0.4, 0.5) is 4.79 Å². The van der Waals surface area contributed by atoms with Crippen molar-refractivity contribution in [2.24, 2.45) is 5.92 Å². The van der Waals surface area contributed by atoms with Crippen LogP contribution in [0.25, 0.3) is 11.1 Å². The van der Waals surface area contributed by atoms with Gasteiger partial charge in [-0.2, -0.15) is 0 Å². The topological polar surface area (TPSA) is 134 Å². The Hall–Kier alpha value is -3.88. The Morgan fingerprint density at radius 3 is 2.03 bits per heavy atom. The standard InChI is InChI=1S/C25H29N3O6/c1-3-15(2)23(24(31)32)28-22(30)13-26-21(29)12-27-25(33)34-14-20-18-10-6-4-8-16(18)17-9-5-7-11-19(17)20/h4-11,15,20,23H,3,12-14H2,1-2H3,(H,26,29)(H,27,33)(H,28,30)(H,31,32). The molecule has 3 amide bonds. The van der Waals surface area contributed by atoms with Gasteiger partial charge >= 0.3 is 12.1 Å². The van der Waals surface area contributed by atoms with Crippen molar-refractivity contribution in [3.05, 3.63) is 59.7 Å². The third kappa shape index (κ3) is 5.92. The summed E-state index contributed by atoms with van der Waals surface area (Å²) in [7, 11) is 0. The fraction of sp³-hybridized carbons (Fsp3) is 0.360. The Balaban J connectivity index is 1.43. The SMILES string of the molecule is CCC(C)C(NC(=O)CNC(=O)CNC(=O)OCC1c2ccccc2-c2ccccc21)C(=O)O. The van der Waals surface area contributed by atoms with Gasteiger partial charge in [0.15, 0.2) is 0 Å². The number of hydrogen-bond acceptors (Lipinski definition) is 5. The van der Waals surface area contributed by atoms with Gasteiger partial charge in [-0.1, -0.05) is 68.8 Å². The van der Waals surface area contributed by atoms with Gasteiger partial charge in [-0.25, -0.2) is 9.59 Å². The monoisotopic (exact) mass is 467 g/mol. The zero-order chi connectivity index (χ0) is 24.7. The molecule has 2 aromatic rings. The molecule has 0 aliphatic heterocycles. The van der Waals surface area contributed by atoms with Crippen LogP contribution in [0.1, 0.15) is 37.3 Å². The van der Waals surface area contributed by atoms with Gasteiger partial charge in [0.2, 0.25) is 11.8 Å². The van der Waals surface area contributed by atoms with Crippen LogP contribution in [-0.2, 0) is 19.1 Å². The van der Waals surface area contributed by atoms with E-state index in [4.69, 9.17) is 4.74 Å². The molecule has 34 heavy (non-hydrogen) atoms. The summed E-state index contributed by atoms with van der Waals surface area (Å²) >= 11 is 0. The van der Waals surface area contributed by atoms with Crippen LogP contribution in [0.5, 0.6) is 0 Å². The highest BCUT2D eigenvalue weighted by molar-refractivity contribution is 5.89. The first-order valence-electron chi connectivity index (χ1n) is 11.2. The molecule has 9 heteroatoms. The number of ether oxygens (including phenoxy) is 1. The van der Waals surface area contributed by atoms with E-state index in [1.165, 1.54) is 0 Å². The molecule has 0 heterocycles. The third-order valence-corrected chi connectivity index (χ3v) is 5.98. The summed E-state index contributed by atoms with van der Waals surface area (Å²) in [6, 6.07) is 14.9. The first-order valence-corrected chi connectivity index (χ1v) is 11.2. The van der Waals surface area contributed by atoms with Crippen molar-refractivity contribution in [1.29, 1.82) is 0 Å². The van der Waals surface area contributed by atoms with Crippen molar-refractivity contribution in [3.63, 3.8) is 0 Å². The Labute approximate surface area is 197 Å². The van der Waals surface area contributed by atoms with Crippen LogP contribution in [0.15, 0.2) is 48.5 Å². The molecule has 2 atom stereocenters. The lowest BCUT2D eigenvalue weighted by Gasteiger charge is -2.20. The number of carboxylic acid groups (broad SMARTS) is 1. The lowest BCUT2D eigenvalue weighted by Crippen LogP contribution is -2.49. The number of benzene rings is 2. The highest BCUT2D eigenvalue weighted by atomic mass is 16.5. The van der Waals surface area contributed by atoms with E-state index >= 15 is 0 Å². The van der Waals surface area contributed by atoms with Crippen molar-refractivity contribution in [1.82, 2.24) is 16.0 Å². The fourth-order valence-corrected chi connectivity index (χ4v) is 3.95. The predicted molar refractivity (Wildman–Crippen MR) is 125 cm³/mol. The van der Waals surface area contributed by atoms with Gasteiger partial charge < -0.3 is 25.8 Å². The lowest BCUT2D eigenvalue weighted by molar-refractivity contribution is -0.143. The van der Waals surface area contributed by atoms with E-state index in [2.05, 4.69) is 16.0 Å². The summed E-state index contributed by atoms with van der Waals surface area (Å²) in [5.41, 5.74) is 4.39. The lowest BCUT2D eigenvalue weighted by atomic mass is 9.98. The molecule has 4 N–H and O–H groups in total. The highest BCUT2D eigenvalue weighted by Gasteiger charge is 2.29. The first kappa shape index (κ1) is 24.8. The zero-order valence-corrected chi connectivity index (χ0v) is 19.2. The second kappa shape index (κ2) is 11.3. The van der Waals surface area contributed by atoms with E-state index in [1.807, 2.05) is 55.5 Å². The van der Waals surface area contributed by atoms with Gasteiger partial charge in [0, 0.05) is 5.92 Å². The molecule has 0 saturated carbocycles. The van der Waals surface area contributed by atoms with Gasteiger partial charge in [-0.15, -0.1) is 0 Å². The highest BCUT2D eigenvalue weighted by Crippen LogP contribution is 2.44. The van der Waals surface area contributed by atoms with Crippen LogP contribution in [-0.4, -0.2) is 54.7 Å². The van der Waals surface area contributed by atoms with Gasteiger partial charge in [-0.3, -0.25) is 9.59 Å². The minimum absolute atomic E-state index is 0.0941. The van der Waals surface area contributed by atoms with E-state index in [0.717, 1.165) is 22.3 Å². The molecule has 0 saturated heterocycles.